The van der Waals surface area contributed by atoms with Crippen LogP contribution in [0.15, 0.2) is 0 Å². The van der Waals surface area contributed by atoms with Gasteiger partial charge < -0.3 is 9.64 Å². The number of amides is 1. The molecular formula is C8H16NO2S+. The predicted molar refractivity (Wildman–Crippen MR) is 51.6 cm³/mol. The minimum Gasteiger partial charge on any atom is -0.372 e. The first-order valence-electron chi connectivity index (χ1n) is 4.21. The number of morpholine rings is 1. The van der Waals surface area contributed by atoms with Crippen molar-refractivity contribution in [3.63, 3.8) is 0 Å². The summed E-state index contributed by atoms with van der Waals surface area (Å²) in [7, 11) is 0. The standard InChI is InChI=1S/C8H15NO2S/c1-6-3-9(8(10)5-12)4-7(2)11-6/h6-7,12H,3-5H2,1-2H3/p+1/t6-,7-/m1/s1. The Labute approximate surface area is 78.5 Å². The summed E-state index contributed by atoms with van der Waals surface area (Å²) in [5.41, 5.74) is 0. The zero-order chi connectivity index (χ0) is 9.14. The van der Waals surface area contributed by atoms with E-state index in [0.717, 1.165) is 0 Å². The quantitative estimate of drug-likeness (QED) is 0.528. The van der Waals surface area contributed by atoms with Gasteiger partial charge in [-0.2, -0.15) is 0 Å². The van der Waals surface area contributed by atoms with Gasteiger partial charge in [0.25, 0.3) is 5.91 Å². The molecule has 4 heteroatoms. The molecule has 0 aromatic carbocycles. The van der Waals surface area contributed by atoms with Crippen LogP contribution >= 0.6 is 0 Å². The topological polar surface area (TPSA) is 29.5 Å². The van der Waals surface area contributed by atoms with E-state index in [2.05, 4.69) is 12.6 Å². The van der Waals surface area contributed by atoms with Gasteiger partial charge in [-0.15, -0.1) is 0 Å². The maximum Gasteiger partial charge on any atom is 0.272 e. The van der Waals surface area contributed by atoms with E-state index in [-0.39, 0.29) is 18.1 Å². The summed E-state index contributed by atoms with van der Waals surface area (Å²) < 4.78 is 5.50. The highest BCUT2D eigenvalue weighted by Gasteiger charge is 2.25. The lowest BCUT2D eigenvalue weighted by atomic mass is 10.2. The molecule has 0 aromatic heterocycles. The van der Waals surface area contributed by atoms with Gasteiger partial charge in [-0.1, -0.05) is 0 Å². The van der Waals surface area contributed by atoms with Crippen LogP contribution in [0.5, 0.6) is 0 Å². The number of nitrogens with zero attached hydrogens (tertiary/aromatic N) is 1. The Morgan fingerprint density at radius 2 is 2.00 bits per heavy atom. The zero-order valence-electron chi connectivity index (χ0n) is 7.54. The Balaban J connectivity index is 2.49. The highest BCUT2D eigenvalue weighted by Crippen LogP contribution is 2.10. The normalized spacial score (nSPS) is 30.4. The average Bonchev–Trinajstić information content (AvgIpc) is 2.01. The Morgan fingerprint density at radius 3 is 2.42 bits per heavy atom. The molecule has 0 radical (unpaired) electrons. The van der Waals surface area contributed by atoms with Crippen molar-refractivity contribution < 1.29 is 9.53 Å². The number of hydrogen-bond acceptors (Lipinski definition) is 2. The second-order valence-electron chi connectivity index (χ2n) is 3.23. The smallest absolute Gasteiger partial charge is 0.272 e. The number of hydrogen-bond donors (Lipinski definition) is 0. The highest BCUT2D eigenvalue weighted by molar-refractivity contribution is 7.59. The SMILES string of the molecule is C[C@@H]1CN(C(=O)C[SH2+])C[C@@H](C)O1. The van der Waals surface area contributed by atoms with Crippen molar-refractivity contribution in [3.8, 4) is 0 Å². The van der Waals surface area contributed by atoms with Crippen molar-refractivity contribution in [1.82, 2.24) is 4.90 Å². The first-order chi connectivity index (χ1) is 5.63. The van der Waals surface area contributed by atoms with E-state index in [1.165, 1.54) is 0 Å². The van der Waals surface area contributed by atoms with Gasteiger partial charge in [0.05, 0.1) is 12.2 Å². The van der Waals surface area contributed by atoms with Crippen molar-refractivity contribution >= 4 is 18.5 Å². The van der Waals surface area contributed by atoms with Gasteiger partial charge in [0.2, 0.25) is 0 Å². The molecule has 1 saturated heterocycles. The van der Waals surface area contributed by atoms with Crippen LogP contribution in [0.1, 0.15) is 13.8 Å². The summed E-state index contributed by atoms with van der Waals surface area (Å²) >= 11 is 3.20. The monoisotopic (exact) mass is 190 g/mol. The van der Waals surface area contributed by atoms with Crippen LogP contribution < -0.4 is 0 Å². The number of rotatable bonds is 1. The summed E-state index contributed by atoms with van der Waals surface area (Å²) in [6, 6.07) is 0. The number of carbonyl (C=O) groups is 1. The fourth-order valence-electron chi connectivity index (χ4n) is 1.49. The molecule has 12 heavy (non-hydrogen) atoms. The summed E-state index contributed by atoms with van der Waals surface area (Å²) in [4.78, 5) is 13.1. The first-order valence-corrected chi connectivity index (χ1v) is 4.92. The molecule has 1 aliphatic rings. The van der Waals surface area contributed by atoms with Crippen molar-refractivity contribution in [3.05, 3.63) is 0 Å². The van der Waals surface area contributed by atoms with E-state index in [1.807, 2.05) is 18.7 Å². The van der Waals surface area contributed by atoms with Crippen LogP contribution in [0.2, 0.25) is 0 Å². The molecule has 1 heterocycles. The van der Waals surface area contributed by atoms with E-state index in [1.54, 1.807) is 0 Å². The minimum absolute atomic E-state index is 0.147. The van der Waals surface area contributed by atoms with Gasteiger partial charge in [-0.3, -0.25) is 4.79 Å². The van der Waals surface area contributed by atoms with Gasteiger partial charge in [-0.05, 0) is 26.5 Å². The van der Waals surface area contributed by atoms with Gasteiger partial charge >= 0.3 is 0 Å². The van der Waals surface area contributed by atoms with E-state index in [9.17, 15) is 4.79 Å². The molecule has 0 bridgehead atoms. The molecule has 0 aromatic rings. The fraction of sp³-hybridized carbons (Fsp3) is 0.875. The Bertz CT molecular complexity index is 164. The fourth-order valence-corrected chi connectivity index (χ4v) is 1.72. The molecule has 0 aliphatic carbocycles. The summed E-state index contributed by atoms with van der Waals surface area (Å²) in [6.45, 7) is 5.41. The first kappa shape index (κ1) is 9.86. The number of carbonyl (C=O) groups excluding carboxylic acids is 1. The van der Waals surface area contributed by atoms with Crippen LogP contribution in [-0.2, 0) is 22.2 Å². The van der Waals surface area contributed by atoms with Crippen LogP contribution in [0.3, 0.4) is 0 Å². The van der Waals surface area contributed by atoms with Crippen LogP contribution in [-0.4, -0.2) is 41.9 Å². The molecule has 1 amide bonds. The lowest BCUT2D eigenvalue weighted by Gasteiger charge is -2.34. The molecule has 3 nitrogen and oxygen atoms in total. The minimum atomic E-state index is 0.147. The Hall–Kier alpha value is -0.220. The zero-order valence-corrected chi connectivity index (χ0v) is 8.54. The molecular weight excluding hydrogens is 174 g/mol. The maximum absolute atomic E-state index is 11.3. The summed E-state index contributed by atoms with van der Waals surface area (Å²) in [5, 5.41) is 0. The Morgan fingerprint density at radius 1 is 1.50 bits per heavy atom. The van der Waals surface area contributed by atoms with Crippen LogP contribution in [0.25, 0.3) is 0 Å². The van der Waals surface area contributed by atoms with Gasteiger partial charge in [0.1, 0.15) is 0 Å². The predicted octanol–water partition coefficient (Wildman–Crippen LogP) is -0.366. The second-order valence-corrected chi connectivity index (χ2v) is 3.59. The molecule has 0 N–H and O–H groups in total. The lowest BCUT2D eigenvalue weighted by Crippen LogP contribution is -2.48. The van der Waals surface area contributed by atoms with Crippen molar-refractivity contribution in [2.75, 3.05) is 18.8 Å². The van der Waals surface area contributed by atoms with Gasteiger partial charge in [-0.25, -0.2) is 0 Å². The third kappa shape index (κ3) is 2.38. The molecule has 0 spiro atoms. The van der Waals surface area contributed by atoms with E-state index in [4.69, 9.17) is 4.74 Å². The molecule has 1 aliphatic heterocycles. The van der Waals surface area contributed by atoms with Crippen LogP contribution in [0, 0.1) is 0 Å². The Kier molecular flexibility index (Phi) is 3.40. The van der Waals surface area contributed by atoms with E-state index in [0.29, 0.717) is 18.8 Å². The van der Waals surface area contributed by atoms with Crippen molar-refractivity contribution in [2.45, 2.75) is 26.1 Å². The van der Waals surface area contributed by atoms with Crippen molar-refractivity contribution in [2.24, 2.45) is 0 Å². The molecule has 1 fully saturated rings. The molecule has 70 valence electrons. The molecule has 0 unspecified atom stereocenters. The highest BCUT2D eigenvalue weighted by atomic mass is 32.1. The largest absolute Gasteiger partial charge is 0.372 e. The van der Waals surface area contributed by atoms with Gasteiger partial charge in [0.15, 0.2) is 5.75 Å². The molecule has 1 rings (SSSR count). The number of ether oxygens (including phenoxy) is 1. The van der Waals surface area contributed by atoms with E-state index < -0.39 is 0 Å². The second kappa shape index (κ2) is 4.14. The average molecular weight is 190 g/mol. The lowest BCUT2D eigenvalue weighted by molar-refractivity contribution is -0.140. The third-order valence-corrected chi connectivity index (χ3v) is 2.23. The van der Waals surface area contributed by atoms with Crippen molar-refractivity contribution in [1.29, 1.82) is 0 Å². The summed E-state index contributed by atoms with van der Waals surface area (Å²) in [6.07, 6.45) is 0.326. The maximum atomic E-state index is 11.3. The third-order valence-electron chi connectivity index (χ3n) is 1.92. The summed E-state index contributed by atoms with van der Waals surface area (Å²) in [5.74, 6) is 0.549. The molecule has 2 atom stereocenters. The van der Waals surface area contributed by atoms with Crippen LogP contribution in [0.4, 0.5) is 0 Å². The molecule has 0 saturated carbocycles. The van der Waals surface area contributed by atoms with E-state index >= 15 is 0 Å². The van der Waals surface area contributed by atoms with Gasteiger partial charge in [0, 0.05) is 13.1 Å².